The maximum absolute atomic E-state index is 5.90. The number of nitrogens with one attached hydrogen (secondary N) is 1. The van der Waals surface area contributed by atoms with Crippen LogP contribution in [0.15, 0.2) is 24.3 Å². The Labute approximate surface area is 116 Å². The second-order valence-corrected chi connectivity index (χ2v) is 5.87. The van der Waals surface area contributed by atoms with E-state index in [1.54, 1.807) is 0 Å². The van der Waals surface area contributed by atoms with Gasteiger partial charge in [0, 0.05) is 11.1 Å². The minimum atomic E-state index is 0.743. The van der Waals surface area contributed by atoms with Crippen LogP contribution in [0.4, 0.5) is 0 Å². The molecule has 0 radical (unpaired) electrons. The Hall–Kier alpha value is -0.530. The van der Waals surface area contributed by atoms with Crippen LogP contribution < -0.4 is 5.32 Å². The number of benzene rings is 1. The van der Waals surface area contributed by atoms with Crippen molar-refractivity contribution in [1.29, 1.82) is 0 Å². The van der Waals surface area contributed by atoms with Crippen molar-refractivity contribution in [2.45, 2.75) is 57.4 Å². The van der Waals surface area contributed by atoms with Crippen LogP contribution in [0.3, 0.4) is 0 Å². The van der Waals surface area contributed by atoms with Gasteiger partial charge in [-0.25, -0.2) is 0 Å². The van der Waals surface area contributed by atoms with Gasteiger partial charge in [-0.05, 0) is 49.4 Å². The van der Waals surface area contributed by atoms with E-state index in [0.717, 1.165) is 17.0 Å². The van der Waals surface area contributed by atoms with Gasteiger partial charge < -0.3 is 5.32 Å². The highest BCUT2D eigenvalue weighted by Gasteiger charge is 2.29. The monoisotopic (exact) mass is 265 g/mol. The van der Waals surface area contributed by atoms with Gasteiger partial charge in [-0.2, -0.15) is 0 Å². The van der Waals surface area contributed by atoms with Gasteiger partial charge in [0.25, 0.3) is 0 Å². The molecule has 2 rings (SSSR count). The molecule has 0 unspecified atom stereocenters. The zero-order chi connectivity index (χ0) is 12.8. The third-order valence-corrected chi connectivity index (χ3v) is 4.19. The first-order valence-corrected chi connectivity index (χ1v) is 7.66. The average molecular weight is 266 g/mol. The lowest BCUT2D eigenvalue weighted by Crippen LogP contribution is -2.40. The normalized spacial score (nSPS) is 22.8. The van der Waals surface area contributed by atoms with Crippen molar-refractivity contribution >= 4 is 11.6 Å². The van der Waals surface area contributed by atoms with E-state index in [1.165, 1.54) is 50.6 Å². The molecule has 1 saturated carbocycles. The minimum Gasteiger partial charge on any atom is -0.314 e. The second-order valence-electron chi connectivity index (χ2n) is 5.43. The van der Waals surface area contributed by atoms with Crippen LogP contribution in [-0.4, -0.2) is 12.6 Å². The molecule has 0 aliphatic heterocycles. The maximum atomic E-state index is 5.90. The van der Waals surface area contributed by atoms with E-state index < -0.39 is 0 Å². The van der Waals surface area contributed by atoms with E-state index in [1.807, 2.05) is 12.1 Å². The number of halogens is 1. The van der Waals surface area contributed by atoms with Gasteiger partial charge in [-0.15, -0.1) is 0 Å². The molecule has 1 fully saturated rings. The average Bonchev–Trinajstić information content (AvgIpc) is 2.33. The van der Waals surface area contributed by atoms with Crippen molar-refractivity contribution in [1.82, 2.24) is 5.32 Å². The van der Waals surface area contributed by atoms with Crippen LogP contribution in [0.1, 0.15) is 56.9 Å². The molecular formula is C16H24ClN. The van der Waals surface area contributed by atoms with E-state index in [9.17, 15) is 0 Å². The minimum absolute atomic E-state index is 0.743. The van der Waals surface area contributed by atoms with Gasteiger partial charge in [0.05, 0.1) is 0 Å². The Morgan fingerprint density at radius 1 is 1.11 bits per heavy atom. The zero-order valence-electron chi connectivity index (χ0n) is 11.3. The van der Waals surface area contributed by atoms with Crippen LogP contribution in [0.2, 0.25) is 5.02 Å². The van der Waals surface area contributed by atoms with Gasteiger partial charge in [0.2, 0.25) is 0 Å². The molecule has 0 saturated heterocycles. The SMILES string of the molecule is CCCCCCNC1CC(c2ccc(Cl)cc2)C1. The first-order chi connectivity index (χ1) is 8.79. The zero-order valence-corrected chi connectivity index (χ0v) is 12.0. The molecule has 1 aliphatic rings. The molecule has 0 spiro atoms. The summed E-state index contributed by atoms with van der Waals surface area (Å²) >= 11 is 5.90. The smallest absolute Gasteiger partial charge is 0.0406 e. The van der Waals surface area contributed by atoms with E-state index in [0.29, 0.717) is 0 Å². The number of rotatable bonds is 7. The van der Waals surface area contributed by atoms with Crippen LogP contribution in [0.5, 0.6) is 0 Å². The summed E-state index contributed by atoms with van der Waals surface area (Å²) in [6, 6.07) is 9.09. The molecule has 2 heteroatoms. The highest BCUT2D eigenvalue weighted by molar-refractivity contribution is 6.30. The largest absolute Gasteiger partial charge is 0.314 e. The van der Waals surface area contributed by atoms with Crippen molar-refractivity contribution in [3.05, 3.63) is 34.9 Å². The molecular weight excluding hydrogens is 242 g/mol. The quantitative estimate of drug-likeness (QED) is 0.701. The molecule has 18 heavy (non-hydrogen) atoms. The summed E-state index contributed by atoms with van der Waals surface area (Å²) in [5, 5.41) is 4.50. The highest BCUT2D eigenvalue weighted by Crippen LogP contribution is 2.37. The molecule has 0 bridgehead atoms. The fourth-order valence-electron chi connectivity index (χ4n) is 2.65. The summed E-state index contributed by atoms with van der Waals surface area (Å²) in [5.41, 5.74) is 1.45. The van der Waals surface area contributed by atoms with Gasteiger partial charge in [-0.1, -0.05) is 49.9 Å². The molecule has 0 heterocycles. The standard InChI is InChI=1S/C16H24ClN/c1-2-3-4-5-10-18-16-11-14(12-16)13-6-8-15(17)9-7-13/h6-9,14,16,18H,2-5,10-12H2,1H3. The highest BCUT2D eigenvalue weighted by atomic mass is 35.5. The predicted octanol–water partition coefficient (Wildman–Crippen LogP) is 4.76. The fraction of sp³-hybridized carbons (Fsp3) is 0.625. The molecule has 1 aromatic carbocycles. The first-order valence-electron chi connectivity index (χ1n) is 7.28. The van der Waals surface area contributed by atoms with E-state index in [4.69, 9.17) is 11.6 Å². The lowest BCUT2D eigenvalue weighted by atomic mass is 9.76. The van der Waals surface area contributed by atoms with Gasteiger partial charge in [0.1, 0.15) is 0 Å². The van der Waals surface area contributed by atoms with Crippen molar-refractivity contribution in [2.75, 3.05) is 6.54 Å². The summed E-state index contributed by atoms with van der Waals surface area (Å²) < 4.78 is 0. The van der Waals surface area contributed by atoms with Crippen molar-refractivity contribution in [3.8, 4) is 0 Å². The summed E-state index contributed by atoms with van der Waals surface area (Å²) in [5.74, 6) is 0.746. The Bertz CT molecular complexity index is 341. The van der Waals surface area contributed by atoms with E-state index >= 15 is 0 Å². The summed E-state index contributed by atoms with van der Waals surface area (Å²) in [7, 11) is 0. The molecule has 1 nitrogen and oxygen atoms in total. The topological polar surface area (TPSA) is 12.0 Å². The third kappa shape index (κ3) is 4.00. The van der Waals surface area contributed by atoms with Crippen LogP contribution in [0.25, 0.3) is 0 Å². The lowest BCUT2D eigenvalue weighted by Gasteiger charge is -2.36. The molecule has 1 aromatic rings. The Morgan fingerprint density at radius 3 is 2.50 bits per heavy atom. The Balaban J connectivity index is 1.60. The summed E-state index contributed by atoms with van der Waals surface area (Å²) in [6.45, 7) is 3.45. The number of hydrogen-bond acceptors (Lipinski definition) is 1. The molecule has 0 aromatic heterocycles. The Morgan fingerprint density at radius 2 is 1.83 bits per heavy atom. The van der Waals surface area contributed by atoms with E-state index in [2.05, 4.69) is 24.4 Å². The number of unbranched alkanes of at least 4 members (excludes halogenated alkanes) is 3. The van der Waals surface area contributed by atoms with Gasteiger partial charge in [0.15, 0.2) is 0 Å². The molecule has 1 aliphatic carbocycles. The van der Waals surface area contributed by atoms with Crippen LogP contribution in [0, 0.1) is 0 Å². The Kier molecular flexibility index (Phi) is 5.52. The van der Waals surface area contributed by atoms with Gasteiger partial charge >= 0.3 is 0 Å². The molecule has 0 amide bonds. The van der Waals surface area contributed by atoms with Crippen LogP contribution in [-0.2, 0) is 0 Å². The third-order valence-electron chi connectivity index (χ3n) is 3.94. The summed E-state index contributed by atoms with van der Waals surface area (Å²) in [6.07, 6.45) is 7.97. The lowest BCUT2D eigenvalue weighted by molar-refractivity contribution is 0.289. The maximum Gasteiger partial charge on any atom is 0.0406 e. The number of hydrogen-bond donors (Lipinski definition) is 1. The van der Waals surface area contributed by atoms with Crippen LogP contribution >= 0.6 is 11.6 Å². The van der Waals surface area contributed by atoms with Gasteiger partial charge in [-0.3, -0.25) is 0 Å². The first kappa shape index (κ1) is 13.9. The van der Waals surface area contributed by atoms with Crippen molar-refractivity contribution in [3.63, 3.8) is 0 Å². The fourth-order valence-corrected chi connectivity index (χ4v) is 2.78. The molecule has 100 valence electrons. The van der Waals surface area contributed by atoms with Crippen molar-refractivity contribution < 1.29 is 0 Å². The summed E-state index contributed by atoms with van der Waals surface area (Å²) in [4.78, 5) is 0. The molecule has 0 atom stereocenters. The molecule has 1 N–H and O–H groups in total. The predicted molar refractivity (Wildman–Crippen MR) is 79.4 cm³/mol. The van der Waals surface area contributed by atoms with Crippen molar-refractivity contribution in [2.24, 2.45) is 0 Å². The van der Waals surface area contributed by atoms with E-state index in [-0.39, 0.29) is 0 Å². The second kappa shape index (κ2) is 7.16.